The molecule has 6 nitrogen and oxygen atoms in total. The molecule has 0 aromatic heterocycles. The van der Waals surface area contributed by atoms with Gasteiger partial charge >= 0.3 is 17.9 Å². The minimum absolute atomic E-state index is 0.0842. The van der Waals surface area contributed by atoms with Gasteiger partial charge in [0.2, 0.25) is 0 Å². The van der Waals surface area contributed by atoms with Crippen molar-refractivity contribution in [2.24, 2.45) is 0 Å². The summed E-state index contributed by atoms with van der Waals surface area (Å²) in [6, 6.07) is 0. The Labute approximate surface area is 407 Å². The van der Waals surface area contributed by atoms with Crippen molar-refractivity contribution in [3.8, 4) is 0 Å². The molecule has 0 rings (SSSR count). The van der Waals surface area contributed by atoms with Gasteiger partial charge in [0.15, 0.2) is 6.10 Å². The molecule has 0 aromatic rings. The minimum atomic E-state index is -0.782. The van der Waals surface area contributed by atoms with E-state index in [1.165, 1.54) is 77.0 Å². The Morgan fingerprint density at radius 3 is 0.985 bits per heavy atom. The Morgan fingerprint density at radius 2 is 0.621 bits per heavy atom. The van der Waals surface area contributed by atoms with Gasteiger partial charge in [0.1, 0.15) is 13.2 Å². The quantitative estimate of drug-likeness (QED) is 0.0262. The molecule has 0 aliphatic carbocycles. The van der Waals surface area contributed by atoms with Crippen LogP contribution >= 0.6 is 0 Å². The lowest BCUT2D eigenvalue weighted by Crippen LogP contribution is -2.30. The standard InChI is InChI=1S/C60H100O6/c1-4-7-10-13-16-18-20-22-23-24-25-26-27-28-29-30-31-32-33-34-35-36-37-39-40-42-44-47-50-53-59(62)65-56-57(55-64-58(61)52-49-46-15-12-9-6-3)66-60(63)54-51-48-45-43-41-38-21-19-17-14-11-8-5-2/h7,10-11,14,16,18-19,21-23,25-26,28-29,31-32,57H,4-6,8-9,12-13,15,17,20,24,27,30,33-56H2,1-3H3/b10-7-,14-11-,18-16-,21-19-,23-22-,26-25-,29-28-,32-31-. The Hall–Kier alpha value is -3.67. The summed E-state index contributed by atoms with van der Waals surface area (Å²) in [6.07, 6.45) is 71.4. The number of hydrogen-bond donors (Lipinski definition) is 0. The second-order valence-corrected chi connectivity index (χ2v) is 17.8. The van der Waals surface area contributed by atoms with Gasteiger partial charge in [-0.1, -0.05) is 227 Å². The van der Waals surface area contributed by atoms with Crippen molar-refractivity contribution < 1.29 is 28.6 Å². The van der Waals surface area contributed by atoms with Crippen molar-refractivity contribution in [1.29, 1.82) is 0 Å². The summed E-state index contributed by atoms with van der Waals surface area (Å²) in [6.45, 7) is 6.38. The van der Waals surface area contributed by atoms with E-state index in [1.807, 2.05) is 0 Å². The first-order valence-electron chi connectivity index (χ1n) is 27.2. The number of hydrogen-bond acceptors (Lipinski definition) is 6. The average Bonchev–Trinajstić information content (AvgIpc) is 3.31. The maximum Gasteiger partial charge on any atom is 0.306 e. The fourth-order valence-electron chi connectivity index (χ4n) is 7.25. The summed E-state index contributed by atoms with van der Waals surface area (Å²) >= 11 is 0. The van der Waals surface area contributed by atoms with Crippen molar-refractivity contribution in [2.75, 3.05) is 13.2 Å². The summed E-state index contributed by atoms with van der Waals surface area (Å²) < 4.78 is 16.7. The topological polar surface area (TPSA) is 78.9 Å². The normalized spacial score (nSPS) is 12.8. The van der Waals surface area contributed by atoms with Gasteiger partial charge in [-0.15, -0.1) is 0 Å². The minimum Gasteiger partial charge on any atom is -0.462 e. The van der Waals surface area contributed by atoms with Gasteiger partial charge in [-0.2, -0.15) is 0 Å². The van der Waals surface area contributed by atoms with Crippen LogP contribution in [0.5, 0.6) is 0 Å². The molecule has 0 N–H and O–H groups in total. The summed E-state index contributed by atoms with van der Waals surface area (Å²) in [4.78, 5) is 37.7. The second kappa shape index (κ2) is 53.9. The van der Waals surface area contributed by atoms with E-state index in [9.17, 15) is 14.4 Å². The Bertz CT molecular complexity index is 1330. The largest absolute Gasteiger partial charge is 0.462 e. The van der Waals surface area contributed by atoms with E-state index in [4.69, 9.17) is 14.2 Å². The zero-order valence-electron chi connectivity index (χ0n) is 42.9. The number of rotatable bonds is 48. The fraction of sp³-hybridized carbons (Fsp3) is 0.683. The molecule has 1 atom stereocenters. The molecule has 0 bridgehead atoms. The molecular weight excluding hydrogens is 817 g/mol. The molecule has 0 aliphatic heterocycles. The van der Waals surface area contributed by atoms with Crippen molar-refractivity contribution in [2.45, 2.75) is 252 Å². The van der Waals surface area contributed by atoms with Crippen LogP contribution in [0.2, 0.25) is 0 Å². The molecule has 376 valence electrons. The highest BCUT2D eigenvalue weighted by Gasteiger charge is 2.19. The van der Waals surface area contributed by atoms with Crippen LogP contribution in [0.1, 0.15) is 245 Å². The summed E-state index contributed by atoms with van der Waals surface area (Å²) in [5.74, 6) is -0.915. The number of allylic oxidation sites excluding steroid dienone is 16. The third-order valence-corrected chi connectivity index (χ3v) is 11.3. The molecular formula is C60H100O6. The predicted octanol–water partition coefficient (Wildman–Crippen LogP) is 18.1. The molecule has 0 saturated carbocycles. The highest BCUT2D eigenvalue weighted by atomic mass is 16.6. The molecule has 66 heavy (non-hydrogen) atoms. The lowest BCUT2D eigenvalue weighted by molar-refractivity contribution is -0.167. The first-order valence-corrected chi connectivity index (χ1v) is 27.2. The molecule has 0 aliphatic rings. The number of esters is 3. The Morgan fingerprint density at radius 1 is 0.318 bits per heavy atom. The van der Waals surface area contributed by atoms with Crippen LogP contribution in [0.15, 0.2) is 97.2 Å². The number of ether oxygens (including phenoxy) is 3. The molecule has 0 fully saturated rings. The van der Waals surface area contributed by atoms with Gasteiger partial charge < -0.3 is 14.2 Å². The van der Waals surface area contributed by atoms with Gasteiger partial charge in [0.05, 0.1) is 0 Å². The maximum atomic E-state index is 12.7. The van der Waals surface area contributed by atoms with Gasteiger partial charge in [-0.05, 0) is 96.3 Å². The fourth-order valence-corrected chi connectivity index (χ4v) is 7.25. The van der Waals surface area contributed by atoms with Crippen molar-refractivity contribution >= 4 is 17.9 Å². The van der Waals surface area contributed by atoms with Crippen molar-refractivity contribution in [3.05, 3.63) is 97.2 Å². The lowest BCUT2D eigenvalue weighted by atomic mass is 10.1. The predicted molar refractivity (Wildman–Crippen MR) is 284 cm³/mol. The monoisotopic (exact) mass is 917 g/mol. The van der Waals surface area contributed by atoms with Crippen molar-refractivity contribution in [1.82, 2.24) is 0 Å². The second-order valence-electron chi connectivity index (χ2n) is 17.8. The van der Waals surface area contributed by atoms with Crippen LogP contribution in [0.25, 0.3) is 0 Å². The van der Waals surface area contributed by atoms with Gasteiger partial charge in [0, 0.05) is 19.3 Å². The molecule has 0 saturated heterocycles. The lowest BCUT2D eigenvalue weighted by Gasteiger charge is -2.18. The smallest absolute Gasteiger partial charge is 0.306 e. The average molecular weight is 917 g/mol. The molecule has 0 radical (unpaired) electrons. The molecule has 0 heterocycles. The third-order valence-electron chi connectivity index (χ3n) is 11.3. The SMILES string of the molecule is CC/C=C\C/C=C\C/C=C\C/C=C\C/C=C\C/C=C\CCCCCCCCCCCCC(=O)OCC(COC(=O)CCCCCCCC)OC(=O)CCCCCCC/C=C\C/C=C\CCC. The van der Waals surface area contributed by atoms with Crippen LogP contribution in [0.3, 0.4) is 0 Å². The summed E-state index contributed by atoms with van der Waals surface area (Å²) in [5.41, 5.74) is 0. The van der Waals surface area contributed by atoms with E-state index in [2.05, 4.69) is 118 Å². The highest BCUT2D eigenvalue weighted by molar-refractivity contribution is 5.71. The third kappa shape index (κ3) is 51.3. The van der Waals surface area contributed by atoms with Gasteiger partial charge in [0.25, 0.3) is 0 Å². The first kappa shape index (κ1) is 62.3. The summed E-state index contributed by atoms with van der Waals surface area (Å²) in [7, 11) is 0. The molecule has 1 unspecified atom stereocenters. The first-order chi connectivity index (χ1) is 32.5. The highest BCUT2D eigenvalue weighted by Crippen LogP contribution is 2.14. The zero-order chi connectivity index (χ0) is 47.9. The van der Waals surface area contributed by atoms with E-state index in [0.717, 1.165) is 128 Å². The number of carbonyl (C=O) groups excluding carboxylic acids is 3. The Kier molecular flexibility index (Phi) is 50.9. The van der Waals surface area contributed by atoms with Crippen LogP contribution in [0, 0.1) is 0 Å². The molecule has 0 aromatic carbocycles. The van der Waals surface area contributed by atoms with Crippen LogP contribution < -0.4 is 0 Å². The van der Waals surface area contributed by atoms with Crippen LogP contribution in [-0.4, -0.2) is 37.2 Å². The van der Waals surface area contributed by atoms with E-state index < -0.39 is 6.10 Å². The molecule has 0 amide bonds. The van der Waals surface area contributed by atoms with E-state index in [1.54, 1.807) is 0 Å². The Balaban J connectivity index is 4.11. The summed E-state index contributed by atoms with van der Waals surface area (Å²) in [5, 5.41) is 0. The van der Waals surface area contributed by atoms with E-state index >= 15 is 0 Å². The van der Waals surface area contributed by atoms with Crippen LogP contribution in [0.4, 0.5) is 0 Å². The van der Waals surface area contributed by atoms with Crippen molar-refractivity contribution in [3.63, 3.8) is 0 Å². The zero-order valence-corrected chi connectivity index (χ0v) is 42.9. The van der Waals surface area contributed by atoms with E-state index in [0.29, 0.717) is 19.3 Å². The molecule has 6 heteroatoms. The maximum absolute atomic E-state index is 12.7. The molecule has 0 spiro atoms. The number of unbranched alkanes of at least 4 members (excludes halogenated alkanes) is 21. The van der Waals surface area contributed by atoms with Gasteiger partial charge in [-0.3, -0.25) is 14.4 Å². The number of carbonyl (C=O) groups is 3. The van der Waals surface area contributed by atoms with E-state index in [-0.39, 0.29) is 31.1 Å². The van der Waals surface area contributed by atoms with Crippen LogP contribution in [-0.2, 0) is 28.6 Å². The van der Waals surface area contributed by atoms with Gasteiger partial charge in [-0.25, -0.2) is 0 Å².